The largest absolute Gasteiger partial charge is 0.356 e. The summed E-state index contributed by atoms with van der Waals surface area (Å²) >= 11 is 1.69. The number of aryl methyl sites for hydroxylation is 1. The summed E-state index contributed by atoms with van der Waals surface area (Å²) in [6.45, 7) is 5.21. The maximum Gasteiger partial charge on any atom is 0.232 e. The molecule has 0 aliphatic carbocycles. The fourth-order valence-corrected chi connectivity index (χ4v) is 4.92. The molecule has 0 bridgehead atoms. The predicted molar refractivity (Wildman–Crippen MR) is 106 cm³/mol. The third-order valence-corrected chi connectivity index (χ3v) is 6.79. The van der Waals surface area contributed by atoms with Crippen LogP contribution in [0.5, 0.6) is 0 Å². The van der Waals surface area contributed by atoms with E-state index in [1.807, 2.05) is 11.0 Å². The number of rotatable bonds is 4. The fourth-order valence-electron chi connectivity index (χ4n) is 3.92. The van der Waals surface area contributed by atoms with Gasteiger partial charge in [-0.25, -0.2) is 0 Å². The van der Waals surface area contributed by atoms with Crippen molar-refractivity contribution >= 4 is 23.6 Å². The molecule has 2 fully saturated rings. The van der Waals surface area contributed by atoms with E-state index < -0.39 is 0 Å². The normalized spacial score (nSPS) is 24.4. The minimum atomic E-state index is -0.0618. The molecule has 1 aromatic rings. The first-order valence-corrected chi connectivity index (χ1v) is 10.5. The van der Waals surface area contributed by atoms with E-state index in [0.29, 0.717) is 18.7 Å². The molecule has 0 radical (unpaired) electrons. The van der Waals surface area contributed by atoms with Gasteiger partial charge in [0.25, 0.3) is 0 Å². The summed E-state index contributed by atoms with van der Waals surface area (Å²) in [5.74, 6) is 1.74. The second-order valence-corrected chi connectivity index (χ2v) is 8.47. The number of piperazine rings is 1. The van der Waals surface area contributed by atoms with Crippen molar-refractivity contribution in [3.05, 3.63) is 35.4 Å². The van der Waals surface area contributed by atoms with Gasteiger partial charge in [-0.2, -0.15) is 0 Å². The number of nitrogens with zero attached hydrogens (tertiary/aromatic N) is 2. The van der Waals surface area contributed by atoms with Gasteiger partial charge >= 0.3 is 0 Å². The second kappa shape index (κ2) is 8.44. The topological polar surface area (TPSA) is 52.7 Å². The minimum Gasteiger partial charge on any atom is -0.356 e. The van der Waals surface area contributed by atoms with Gasteiger partial charge in [0.15, 0.2) is 0 Å². The van der Waals surface area contributed by atoms with E-state index in [9.17, 15) is 9.59 Å². The van der Waals surface area contributed by atoms with Gasteiger partial charge in [-0.05, 0) is 37.9 Å². The summed E-state index contributed by atoms with van der Waals surface area (Å²) in [7, 11) is 2.13. The highest BCUT2D eigenvalue weighted by atomic mass is 32.2. The van der Waals surface area contributed by atoms with Crippen molar-refractivity contribution in [3.63, 3.8) is 0 Å². The molecule has 2 aliphatic rings. The Kier molecular flexibility index (Phi) is 6.24. The Hall–Kier alpha value is -1.53. The summed E-state index contributed by atoms with van der Waals surface area (Å²) in [4.78, 5) is 28.9. The van der Waals surface area contributed by atoms with Crippen LogP contribution >= 0.6 is 11.8 Å². The number of nitrogens with one attached hydrogen (secondary N) is 1. The summed E-state index contributed by atoms with van der Waals surface area (Å²) in [6, 6.07) is 8.34. The zero-order chi connectivity index (χ0) is 18.6. The Balaban J connectivity index is 1.56. The lowest BCUT2D eigenvalue weighted by Gasteiger charge is -2.49. The van der Waals surface area contributed by atoms with Crippen LogP contribution in [-0.4, -0.2) is 66.1 Å². The lowest BCUT2D eigenvalue weighted by atomic mass is 9.86. The number of amides is 2. The van der Waals surface area contributed by atoms with Gasteiger partial charge in [-0.15, -0.1) is 11.8 Å². The summed E-state index contributed by atoms with van der Waals surface area (Å²) < 4.78 is 0. The van der Waals surface area contributed by atoms with E-state index in [1.54, 1.807) is 11.8 Å². The van der Waals surface area contributed by atoms with Crippen LogP contribution in [0.15, 0.2) is 24.3 Å². The Morgan fingerprint density at radius 1 is 1.27 bits per heavy atom. The first kappa shape index (κ1) is 19.2. The number of hydrogen-bond donors (Lipinski definition) is 1. The van der Waals surface area contributed by atoms with Crippen molar-refractivity contribution in [2.24, 2.45) is 0 Å². The summed E-state index contributed by atoms with van der Waals surface area (Å²) in [5, 5.41) is 2.97. The van der Waals surface area contributed by atoms with Crippen molar-refractivity contribution in [2.45, 2.75) is 37.5 Å². The van der Waals surface area contributed by atoms with Gasteiger partial charge in [0.2, 0.25) is 11.8 Å². The number of hydrogen-bond acceptors (Lipinski definition) is 4. The van der Waals surface area contributed by atoms with E-state index in [4.69, 9.17) is 0 Å². The van der Waals surface area contributed by atoms with Crippen LogP contribution in [0, 0.1) is 6.92 Å². The average Bonchev–Trinajstić information content (AvgIpc) is 2.81. The highest BCUT2D eigenvalue weighted by Gasteiger charge is 2.41. The highest BCUT2D eigenvalue weighted by molar-refractivity contribution is 7.99. The van der Waals surface area contributed by atoms with E-state index in [2.05, 4.69) is 42.4 Å². The number of benzene rings is 1. The molecule has 3 rings (SSSR count). The highest BCUT2D eigenvalue weighted by Crippen LogP contribution is 2.30. The fraction of sp³-hybridized carbons (Fsp3) is 0.600. The molecule has 5 nitrogen and oxygen atoms in total. The molecule has 0 aromatic heterocycles. The maximum absolute atomic E-state index is 12.8. The Morgan fingerprint density at radius 3 is 2.88 bits per heavy atom. The van der Waals surface area contributed by atoms with Crippen LogP contribution in [0.4, 0.5) is 0 Å². The number of thioether (sulfide) groups is 1. The molecule has 2 aliphatic heterocycles. The molecule has 0 unspecified atom stereocenters. The molecule has 2 saturated heterocycles. The molecule has 2 heterocycles. The van der Waals surface area contributed by atoms with Gasteiger partial charge in [0, 0.05) is 43.9 Å². The lowest BCUT2D eigenvalue weighted by Crippen LogP contribution is -2.62. The Morgan fingerprint density at radius 2 is 2.08 bits per heavy atom. The van der Waals surface area contributed by atoms with E-state index >= 15 is 0 Å². The first-order chi connectivity index (χ1) is 12.5. The molecule has 2 amide bonds. The van der Waals surface area contributed by atoms with Gasteiger partial charge in [-0.3, -0.25) is 14.5 Å². The zero-order valence-corrected chi connectivity index (χ0v) is 16.6. The Bertz CT molecular complexity index is 666. The van der Waals surface area contributed by atoms with E-state index in [1.165, 1.54) is 11.1 Å². The molecule has 1 aromatic carbocycles. The Labute approximate surface area is 160 Å². The molecule has 0 saturated carbocycles. The number of likely N-dealkylation sites (N-methyl/N-ethyl adjacent to an activating group) is 1. The van der Waals surface area contributed by atoms with Crippen LogP contribution < -0.4 is 5.32 Å². The van der Waals surface area contributed by atoms with Crippen molar-refractivity contribution < 1.29 is 9.59 Å². The molecule has 1 atom stereocenters. The van der Waals surface area contributed by atoms with Crippen molar-refractivity contribution in [2.75, 3.05) is 39.0 Å². The van der Waals surface area contributed by atoms with Crippen LogP contribution in [0.2, 0.25) is 0 Å². The molecular formula is C20H29N3O2S. The monoisotopic (exact) mass is 375 g/mol. The van der Waals surface area contributed by atoms with Crippen LogP contribution in [0.1, 0.15) is 30.4 Å². The van der Waals surface area contributed by atoms with Crippen molar-refractivity contribution in [1.82, 2.24) is 15.1 Å². The molecular weight excluding hydrogens is 346 g/mol. The second-order valence-electron chi connectivity index (χ2n) is 7.48. The zero-order valence-electron chi connectivity index (χ0n) is 15.8. The number of carbonyl (C=O) groups is 2. The van der Waals surface area contributed by atoms with Gasteiger partial charge < -0.3 is 10.2 Å². The van der Waals surface area contributed by atoms with Gasteiger partial charge in [-0.1, -0.05) is 24.3 Å². The quantitative estimate of drug-likeness (QED) is 0.875. The third kappa shape index (κ3) is 4.41. The van der Waals surface area contributed by atoms with Crippen molar-refractivity contribution in [3.8, 4) is 0 Å². The van der Waals surface area contributed by atoms with E-state index in [0.717, 1.165) is 38.2 Å². The van der Waals surface area contributed by atoms with Crippen LogP contribution in [0.25, 0.3) is 0 Å². The maximum atomic E-state index is 12.8. The molecule has 142 valence electrons. The van der Waals surface area contributed by atoms with Crippen LogP contribution in [0.3, 0.4) is 0 Å². The minimum absolute atomic E-state index is 0.0618. The number of carbonyl (C=O) groups excluding carboxylic acids is 2. The predicted octanol–water partition coefficient (Wildman–Crippen LogP) is 2.04. The van der Waals surface area contributed by atoms with Crippen LogP contribution in [-0.2, 0) is 15.3 Å². The smallest absolute Gasteiger partial charge is 0.232 e. The molecule has 26 heavy (non-hydrogen) atoms. The molecule has 1 spiro atoms. The SMILES string of the molecule is Cc1ccccc1CSCC(=O)N1CCN(C)[C@]2(CCNC(=O)CC2)C1. The van der Waals surface area contributed by atoms with Gasteiger partial charge in [0.1, 0.15) is 0 Å². The third-order valence-electron chi connectivity index (χ3n) is 5.83. The lowest BCUT2D eigenvalue weighted by molar-refractivity contribution is -0.134. The standard InChI is InChI=1S/C20H29N3O2S/c1-16-5-3-4-6-17(16)13-26-14-19(25)23-12-11-22(2)20(15-23)8-7-18(24)21-10-9-20/h3-6H,7-15H2,1-2H3,(H,21,24)/t20-/m1/s1. The summed E-state index contributed by atoms with van der Waals surface area (Å²) in [6.07, 6.45) is 2.29. The van der Waals surface area contributed by atoms with Crippen molar-refractivity contribution in [1.29, 1.82) is 0 Å². The summed E-state index contributed by atoms with van der Waals surface area (Å²) in [5.41, 5.74) is 2.52. The van der Waals surface area contributed by atoms with Gasteiger partial charge in [0.05, 0.1) is 5.75 Å². The molecule has 6 heteroatoms. The first-order valence-electron chi connectivity index (χ1n) is 9.38. The average molecular weight is 376 g/mol. The van der Waals surface area contributed by atoms with E-state index in [-0.39, 0.29) is 17.4 Å². The molecule has 1 N–H and O–H groups in total.